The molecule has 1 aliphatic heterocycles. The van der Waals surface area contributed by atoms with Crippen LogP contribution >= 0.6 is 0 Å². The summed E-state index contributed by atoms with van der Waals surface area (Å²) >= 11 is 0. The van der Waals surface area contributed by atoms with Crippen LogP contribution in [0.1, 0.15) is 12.5 Å². The number of ether oxygens (including phenoxy) is 2. The summed E-state index contributed by atoms with van der Waals surface area (Å²) in [6.45, 7) is 3.46. The van der Waals surface area contributed by atoms with Crippen LogP contribution in [0, 0.1) is 0 Å². The predicted octanol–water partition coefficient (Wildman–Crippen LogP) is 2.70. The third-order valence-corrected chi connectivity index (χ3v) is 3.85. The third-order valence-electron chi connectivity index (χ3n) is 3.85. The van der Waals surface area contributed by atoms with E-state index in [4.69, 9.17) is 9.47 Å². The standard InChI is InChI=1S/C18H21N3O3/c1-12(22)21-14-5-3-13(4-6-14)16-11-20-18(19-8-10-23-2)17-15(16)7-9-24-17/h3-6,11H,7-10H2,1-2H3,(H,19,20)(H,21,22). The lowest BCUT2D eigenvalue weighted by Crippen LogP contribution is -2.10. The average molecular weight is 327 g/mol. The van der Waals surface area contributed by atoms with Crippen molar-refractivity contribution in [3.8, 4) is 16.9 Å². The molecule has 0 atom stereocenters. The zero-order chi connectivity index (χ0) is 16.9. The highest BCUT2D eigenvalue weighted by atomic mass is 16.5. The molecule has 3 rings (SSSR count). The maximum Gasteiger partial charge on any atom is 0.221 e. The van der Waals surface area contributed by atoms with Crippen molar-refractivity contribution < 1.29 is 14.3 Å². The van der Waals surface area contributed by atoms with Crippen LogP contribution in [0.5, 0.6) is 5.75 Å². The number of methoxy groups -OCH3 is 1. The van der Waals surface area contributed by atoms with Gasteiger partial charge >= 0.3 is 0 Å². The molecule has 1 aliphatic rings. The molecule has 2 heterocycles. The molecule has 2 N–H and O–H groups in total. The van der Waals surface area contributed by atoms with E-state index < -0.39 is 0 Å². The number of aromatic nitrogens is 1. The molecule has 0 aliphatic carbocycles. The lowest BCUT2D eigenvalue weighted by atomic mass is 10.00. The van der Waals surface area contributed by atoms with E-state index in [0.29, 0.717) is 19.8 Å². The van der Waals surface area contributed by atoms with Crippen molar-refractivity contribution >= 4 is 17.4 Å². The van der Waals surface area contributed by atoms with Crippen LogP contribution in [0.15, 0.2) is 30.5 Å². The Hall–Kier alpha value is -2.60. The maximum absolute atomic E-state index is 11.1. The van der Waals surface area contributed by atoms with Crippen LogP contribution in [-0.2, 0) is 16.0 Å². The molecule has 6 nitrogen and oxygen atoms in total. The van der Waals surface area contributed by atoms with E-state index in [-0.39, 0.29) is 5.91 Å². The van der Waals surface area contributed by atoms with Gasteiger partial charge in [0, 0.05) is 50.0 Å². The molecule has 1 amide bonds. The predicted molar refractivity (Wildman–Crippen MR) is 93.5 cm³/mol. The first-order chi connectivity index (χ1) is 11.7. The van der Waals surface area contributed by atoms with Gasteiger partial charge in [0.15, 0.2) is 11.6 Å². The van der Waals surface area contributed by atoms with E-state index in [0.717, 1.165) is 40.4 Å². The number of pyridine rings is 1. The summed E-state index contributed by atoms with van der Waals surface area (Å²) in [7, 11) is 1.67. The van der Waals surface area contributed by atoms with E-state index in [1.807, 2.05) is 30.5 Å². The van der Waals surface area contributed by atoms with Crippen molar-refractivity contribution in [1.82, 2.24) is 4.98 Å². The highest BCUT2D eigenvalue weighted by Crippen LogP contribution is 2.39. The molecule has 0 bridgehead atoms. The molecule has 0 fully saturated rings. The minimum Gasteiger partial charge on any atom is -0.489 e. The number of nitrogens with zero attached hydrogens (tertiary/aromatic N) is 1. The van der Waals surface area contributed by atoms with Crippen LogP contribution in [0.25, 0.3) is 11.1 Å². The van der Waals surface area contributed by atoms with Crippen molar-refractivity contribution in [3.05, 3.63) is 36.0 Å². The lowest BCUT2D eigenvalue weighted by Gasteiger charge is -2.13. The topological polar surface area (TPSA) is 72.5 Å². The fraction of sp³-hybridized carbons (Fsp3) is 0.333. The van der Waals surface area contributed by atoms with Gasteiger partial charge in [0.2, 0.25) is 5.91 Å². The zero-order valence-electron chi connectivity index (χ0n) is 13.9. The molecule has 2 aromatic rings. The molecular formula is C18H21N3O3. The number of rotatable bonds is 6. The normalized spacial score (nSPS) is 12.4. The number of carbonyl (C=O) groups excluding carboxylic acids is 1. The first-order valence-corrected chi connectivity index (χ1v) is 7.94. The summed E-state index contributed by atoms with van der Waals surface area (Å²) in [4.78, 5) is 15.6. The van der Waals surface area contributed by atoms with Crippen molar-refractivity contribution in [2.75, 3.05) is 37.5 Å². The van der Waals surface area contributed by atoms with Gasteiger partial charge in [-0.1, -0.05) is 12.1 Å². The van der Waals surface area contributed by atoms with Crippen molar-refractivity contribution in [2.45, 2.75) is 13.3 Å². The van der Waals surface area contributed by atoms with Crippen LogP contribution < -0.4 is 15.4 Å². The molecule has 1 aromatic heterocycles. The third kappa shape index (κ3) is 3.49. The molecule has 0 saturated heterocycles. The number of hydrogen-bond acceptors (Lipinski definition) is 5. The SMILES string of the molecule is COCCNc1ncc(-c2ccc(NC(C)=O)cc2)c2c1OCC2. The van der Waals surface area contributed by atoms with Crippen molar-refractivity contribution in [2.24, 2.45) is 0 Å². The number of anilines is 2. The maximum atomic E-state index is 11.1. The Morgan fingerprint density at radius 3 is 2.83 bits per heavy atom. The minimum atomic E-state index is -0.0785. The first-order valence-electron chi connectivity index (χ1n) is 7.94. The number of carbonyl (C=O) groups is 1. The van der Waals surface area contributed by atoms with Gasteiger partial charge in [-0.3, -0.25) is 4.79 Å². The average Bonchev–Trinajstić information content (AvgIpc) is 3.05. The van der Waals surface area contributed by atoms with Gasteiger partial charge in [0.25, 0.3) is 0 Å². The van der Waals surface area contributed by atoms with Crippen LogP contribution in [0.4, 0.5) is 11.5 Å². The van der Waals surface area contributed by atoms with Gasteiger partial charge in [-0.15, -0.1) is 0 Å². The van der Waals surface area contributed by atoms with Crippen LogP contribution in [0.2, 0.25) is 0 Å². The number of amides is 1. The van der Waals surface area contributed by atoms with E-state index in [1.54, 1.807) is 7.11 Å². The zero-order valence-corrected chi connectivity index (χ0v) is 13.9. The number of benzene rings is 1. The second-order valence-corrected chi connectivity index (χ2v) is 5.60. The van der Waals surface area contributed by atoms with Gasteiger partial charge in [0.1, 0.15) is 0 Å². The van der Waals surface area contributed by atoms with Crippen LogP contribution in [-0.4, -0.2) is 37.8 Å². The van der Waals surface area contributed by atoms with E-state index in [2.05, 4.69) is 15.6 Å². The Kier molecular flexibility index (Phi) is 4.96. The lowest BCUT2D eigenvalue weighted by molar-refractivity contribution is -0.114. The summed E-state index contributed by atoms with van der Waals surface area (Å²) < 4.78 is 10.8. The highest BCUT2D eigenvalue weighted by Gasteiger charge is 2.22. The quantitative estimate of drug-likeness (QED) is 0.798. The second-order valence-electron chi connectivity index (χ2n) is 5.60. The molecule has 0 unspecified atom stereocenters. The largest absolute Gasteiger partial charge is 0.489 e. The molecule has 0 saturated carbocycles. The Morgan fingerprint density at radius 1 is 1.33 bits per heavy atom. The Labute approximate surface area is 141 Å². The molecule has 1 aromatic carbocycles. The molecule has 24 heavy (non-hydrogen) atoms. The first kappa shape index (κ1) is 16.3. The molecular weight excluding hydrogens is 306 g/mol. The second kappa shape index (κ2) is 7.31. The highest BCUT2D eigenvalue weighted by molar-refractivity contribution is 5.89. The smallest absolute Gasteiger partial charge is 0.221 e. The van der Waals surface area contributed by atoms with Crippen molar-refractivity contribution in [3.63, 3.8) is 0 Å². The van der Waals surface area contributed by atoms with Gasteiger partial charge in [-0.05, 0) is 17.7 Å². The molecule has 0 radical (unpaired) electrons. The molecule has 6 heteroatoms. The van der Waals surface area contributed by atoms with Crippen molar-refractivity contribution in [1.29, 1.82) is 0 Å². The van der Waals surface area contributed by atoms with E-state index >= 15 is 0 Å². The Morgan fingerprint density at radius 2 is 2.12 bits per heavy atom. The van der Waals surface area contributed by atoms with E-state index in [1.165, 1.54) is 6.92 Å². The number of hydrogen-bond donors (Lipinski definition) is 2. The van der Waals surface area contributed by atoms with E-state index in [9.17, 15) is 4.79 Å². The summed E-state index contributed by atoms with van der Waals surface area (Å²) in [5.41, 5.74) is 4.07. The monoisotopic (exact) mass is 327 g/mol. The fourth-order valence-electron chi connectivity index (χ4n) is 2.77. The Bertz CT molecular complexity index is 729. The summed E-state index contributed by atoms with van der Waals surface area (Å²) in [6.07, 6.45) is 2.73. The van der Waals surface area contributed by atoms with Gasteiger partial charge < -0.3 is 20.1 Å². The van der Waals surface area contributed by atoms with Gasteiger partial charge in [0.05, 0.1) is 13.2 Å². The molecule has 0 spiro atoms. The minimum absolute atomic E-state index is 0.0785. The molecule has 126 valence electrons. The van der Waals surface area contributed by atoms with Gasteiger partial charge in [-0.25, -0.2) is 4.98 Å². The Balaban J connectivity index is 1.86. The summed E-state index contributed by atoms with van der Waals surface area (Å²) in [6, 6.07) is 7.76. The fourth-order valence-corrected chi connectivity index (χ4v) is 2.77. The van der Waals surface area contributed by atoms with Gasteiger partial charge in [-0.2, -0.15) is 0 Å². The number of nitrogens with one attached hydrogen (secondary N) is 2. The summed E-state index contributed by atoms with van der Waals surface area (Å²) in [5, 5.41) is 6.02. The number of fused-ring (bicyclic) bond motifs is 1. The summed E-state index contributed by atoms with van der Waals surface area (Å²) in [5.74, 6) is 1.51. The van der Waals surface area contributed by atoms with Crippen LogP contribution in [0.3, 0.4) is 0 Å².